The van der Waals surface area contributed by atoms with Crippen LogP contribution in [0.5, 0.6) is 0 Å². The van der Waals surface area contributed by atoms with E-state index in [1.54, 1.807) is 0 Å². The van der Waals surface area contributed by atoms with E-state index in [9.17, 15) is 0 Å². The summed E-state index contributed by atoms with van der Waals surface area (Å²) in [5.41, 5.74) is 10.8. The smallest absolute Gasteiger partial charge is 0.109 e. The first-order valence-electron chi connectivity index (χ1n) is 8.57. The van der Waals surface area contributed by atoms with Gasteiger partial charge in [-0.15, -0.1) is 0 Å². The SMILES string of the molecule is CN1CCN(c2ccc(-c3cn4c(n3)CCC4)cc2CN)CC1. The molecule has 0 atom stereocenters. The Hall–Kier alpha value is -1.85. The zero-order chi connectivity index (χ0) is 15.8. The number of piperazine rings is 1. The van der Waals surface area contributed by atoms with Gasteiger partial charge in [-0.25, -0.2) is 4.98 Å². The van der Waals surface area contributed by atoms with Crippen molar-refractivity contribution >= 4 is 5.69 Å². The lowest BCUT2D eigenvalue weighted by Crippen LogP contribution is -2.44. The van der Waals surface area contributed by atoms with Crippen molar-refractivity contribution in [3.63, 3.8) is 0 Å². The molecule has 23 heavy (non-hydrogen) atoms. The zero-order valence-corrected chi connectivity index (χ0v) is 13.8. The molecule has 2 aliphatic rings. The van der Waals surface area contributed by atoms with E-state index in [1.807, 2.05) is 0 Å². The summed E-state index contributed by atoms with van der Waals surface area (Å²) in [6.07, 6.45) is 4.51. The highest BCUT2D eigenvalue weighted by molar-refractivity contribution is 5.67. The minimum absolute atomic E-state index is 0.572. The molecule has 5 nitrogen and oxygen atoms in total. The van der Waals surface area contributed by atoms with Crippen molar-refractivity contribution in [1.29, 1.82) is 0 Å². The molecule has 122 valence electrons. The zero-order valence-electron chi connectivity index (χ0n) is 13.8. The summed E-state index contributed by atoms with van der Waals surface area (Å²) >= 11 is 0. The molecule has 1 aromatic carbocycles. The predicted molar refractivity (Wildman–Crippen MR) is 93.6 cm³/mol. The van der Waals surface area contributed by atoms with Crippen LogP contribution in [0.3, 0.4) is 0 Å². The summed E-state index contributed by atoms with van der Waals surface area (Å²) in [4.78, 5) is 9.62. The number of nitrogens with zero attached hydrogens (tertiary/aromatic N) is 4. The van der Waals surface area contributed by atoms with Crippen LogP contribution in [0.4, 0.5) is 5.69 Å². The van der Waals surface area contributed by atoms with Crippen molar-refractivity contribution in [2.24, 2.45) is 5.73 Å². The maximum absolute atomic E-state index is 6.04. The van der Waals surface area contributed by atoms with E-state index in [4.69, 9.17) is 10.7 Å². The van der Waals surface area contributed by atoms with E-state index in [-0.39, 0.29) is 0 Å². The third-order valence-corrected chi connectivity index (χ3v) is 5.10. The van der Waals surface area contributed by atoms with Gasteiger partial charge in [-0.1, -0.05) is 6.07 Å². The summed E-state index contributed by atoms with van der Waals surface area (Å²) < 4.78 is 2.28. The van der Waals surface area contributed by atoms with Gasteiger partial charge in [-0.3, -0.25) is 0 Å². The molecule has 5 heteroatoms. The molecule has 1 aromatic heterocycles. The number of fused-ring (bicyclic) bond motifs is 1. The number of rotatable bonds is 3. The van der Waals surface area contributed by atoms with Gasteiger partial charge in [-0.2, -0.15) is 0 Å². The number of aromatic nitrogens is 2. The maximum atomic E-state index is 6.04. The predicted octanol–water partition coefficient (Wildman–Crippen LogP) is 1.71. The molecule has 1 fully saturated rings. The lowest BCUT2D eigenvalue weighted by molar-refractivity contribution is 0.312. The van der Waals surface area contributed by atoms with E-state index < -0.39 is 0 Å². The van der Waals surface area contributed by atoms with Crippen molar-refractivity contribution in [2.45, 2.75) is 25.9 Å². The van der Waals surface area contributed by atoms with E-state index in [0.717, 1.165) is 44.8 Å². The van der Waals surface area contributed by atoms with Gasteiger partial charge < -0.3 is 20.1 Å². The molecule has 1 saturated heterocycles. The van der Waals surface area contributed by atoms with E-state index in [2.05, 4.69) is 45.8 Å². The fourth-order valence-corrected chi connectivity index (χ4v) is 3.66. The Bertz CT molecular complexity index is 676. The monoisotopic (exact) mass is 311 g/mol. The number of hydrogen-bond donors (Lipinski definition) is 1. The third-order valence-electron chi connectivity index (χ3n) is 5.10. The van der Waals surface area contributed by atoms with Crippen LogP contribution in [0, 0.1) is 0 Å². The summed E-state index contributed by atoms with van der Waals surface area (Å²) in [7, 11) is 2.18. The molecule has 4 rings (SSSR count). The quantitative estimate of drug-likeness (QED) is 0.937. The minimum atomic E-state index is 0.572. The Morgan fingerprint density at radius 2 is 1.96 bits per heavy atom. The lowest BCUT2D eigenvalue weighted by Gasteiger charge is -2.35. The van der Waals surface area contributed by atoms with Gasteiger partial charge >= 0.3 is 0 Å². The molecule has 3 heterocycles. The van der Waals surface area contributed by atoms with Crippen LogP contribution in [-0.4, -0.2) is 47.7 Å². The average molecular weight is 311 g/mol. The lowest BCUT2D eigenvalue weighted by atomic mass is 10.0. The Morgan fingerprint density at radius 1 is 1.13 bits per heavy atom. The standard InChI is InChI=1S/C18H25N5/c1-21-7-9-22(10-8-21)17-5-4-14(11-15(17)12-19)16-13-23-6-2-3-18(23)20-16/h4-5,11,13H,2-3,6-10,12,19H2,1H3. The third kappa shape index (κ3) is 2.75. The first-order chi connectivity index (χ1) is 11.2. The van der Waals surface area contributed by atoms with Crippen LogP contribution in [0.2, 0.25) is 0 Å². The molecular formula is C18H25N5. The van der Waals surface area contributed by atoms with Gasteiger partial charge in [0.15, 0.2) is 0 Å². The van der Waals surface area contributed by atoms with Gasteiger partial charge in [0, 0.05) is 63.1 Å². The van der Waals surface area contributed by atoms with Crippen molar-refractivity contribution in [2.75, 3.05) is 38.1 Å². The minimum Gasteiger partial charge on any atom is -0.369 e. The number of anilines is 1. The van der Waals surface area contributed by atoms with Gasteiger partial charge in [0.05, 0.1) is 5.69 Å². The van der Waals surface area contributed by atoms with Crippen LogP contribution in [-0.2, 0) is 19.5 Å². The fraction of sp³-hybridized carbons (Fsp3) is 0.500. The number of nitrogens with two attached hydrogens (primary N) is 1. The van der Waals surface area contributed by atoms with Crippen LogP contribution < -0.4 is 10.6 Å². The summed E-state index contributed by atoms with van der Waals surface area (Å²) in [5, 5.41) is 0. The first kappa shape index (κ1) is 14.7. The molecule has 0 amide bonds. The largest absolute Gasteiger partial charge is 0.369 e. The molecule has 0 saturated carbocycles. The number of aryl methyl sites for hydroxylation is 2. The van der Waals surface area contributed by atoms with E-state index in [0.29, 0.717) is 6.54 Å². The van der Waals surface area contributed by atoms with Crippen LogP contribution >= 0.6 is 0 Å². The topological polar surface area (TPSA) is 50.3 Å². The second-order valence-electron chi connectivity index (χ2n) is 6.68. The molecular weight excluding hydrogens is 286 g/mol. The molecule has 0 spiro atoms. The van der Waals surface area contributed by atoms with Gasteiger partial charge in [0.25, 0.3) is 0 Å². The van der Waals surface area contributed by atoms with Gasteiger partial charge in [0.2, 0.25) is 0 Å². The Labute approximate surface area is 137 Å². The van der Waals surface area contributed by atoms with Crippen molar-refractivity contribution < 1.29 is 0 Å². The summed E-state index contributed by atoms with van der Waals surface area (Å²) in [6, 6.07) is 6.66. The highest BCUT2D eigenvalue weighted by Gasteiger charge is 2.19. The van der Waals surface area contributed by atoms with Crippen molar-refractivity contribution in [1.82, 2.24) is 14.5 Å². The summed E-state index contributed by atoms with van der Waals surface area (Å²) in [6.45, 7) is 6.04. The van der Waals surface area contributed by atoms with Gasteiger partial charge in [-0.05, 0) is 31.2 Å². The number of imidazole rings is 1. The fourth-order valence-electron chi connectivity index (χ4n) is 3.66. The Kier molecular flexibility index (Phi) is 3.83. The molecule has 2 aromatic rings. The first-order valence-corrected chi connectivity index (χ1v) is 8.57. The molecule has 2 N–H and O–H groups in total. The maximum Gasteiger partial charge on any atom is 0.109 e. The highest BCUT2D eigenvalue weighted by atomic mass is 15.2. The Morgan fingerprint density at radius 3 is 2.70 bits per heavy atom. The van der Waals surface area contributed by atoms with E-state index in [1.165, 1.54) is 29.1 Å². The molecule has 0 unspecified atom stereocenters. The number of hydrogen-bond acceptors (Lipinski definition) is 4. The molecule has 0 bridgehead atoms. The second-order valence-corrected chi connectivity index (χ2v) is 6.68. The molecule has 2 aliphatic heterocycles. The molecule has 0 radical (unpaired) electrons. The normalized spacial score (nSPS) is 18.4. The number of likely N-dealkylation sites (N-methyl/N-ethyl adjacent to an activating group) is 1. The van der Waals surface area contributed by atoms with Crippen LogP contribution in [0.25, 0.3) is 11.3 Å². The average Bonchev–Trinajstić information content (AvgIpc) is 3.17. The Balaban J connectivity index is 1.62. The van der Waals surface area contributed by atoms with E-state index >= 15 is 0 Å². The molecule has 0 aliphatic carbocycles. The number of benzene rings is 1. The van der Waals surface area contributed by atoms with Gasteiger partial charge in [0.1, 0.15) is 5.82 Å². The second kappa shape index (κ2) is 5.98. The highest BCUT2D eigenvalue weighted by Crippen LogP contribution is 2.29. The van der Waals surface area contributed by atoms with Crippen LogP contribution in [0.1, 0.15) is 17.8 Å². The summed E-state index contributed by atoms with van der Waals surface area (Å²) in [5.74, 6) is 1.22. The van der Waals surface area contributed by atoms with Crippen LogP contribution in [0.15, 0.2) is 24.4 Å². The van der Waals surface area contributed by atoms with Crippen molar-refractivity contribution in [3.8, 4) is 11.3 Å². The van der Waals surface area contributed by atoms with Crippen molar-refractivity contribution in [3.05, 3.63) is 35.8 Å².